The predicted molar refractivity (Wildman–Crippen MR) is 43.6 cm³/mol. The van der Waals surface area contributed by atoms with E-state index in [1.54, 1.807) is 7.11 Å². The minimum atomic E-state index is 0.211. The summed E-state index contributed by atoms with van der Waals surface area (Å²) in [6.07, 6.45) is 1.52. The molecule has 0 N–H and O–H groups in total. The third kappa shape index (κ3) is 1.47. The number of hydrogen-bond acceptors (Lipinski definition) is 3. The van der Waals surface area contributed by atoms with Gasteiger partial charge in [0.2, 0.25) is 0 Å². The Bertz CT molecular complexity index is 106. The van der Waals surface area contributed by atoms with Crippen molar-refractivity contribution in [1.82, 2.24) is 0 Å². The van der Waals surface area contributed by atoms with Gasteiger partial charge in [-0.2, -0.15) is 12.6 Å². The Morgan fingerprint density at radius 1 is 1.60 bits per heavy atom. The van der Waals surface area contributed by atoms with Crippen LogP contribution in [0.25, 0.3) is 0 Å². The fourth-order valence-corrected chi connectivity index (χ4v) is 1.77. The molecule has 2 nitrogen and oxygen atoms in total. The maximum absolute atomic E-state index is 5.38. The SMILES string of the molecule is CCOC1CC(S)C1OC. The van der Waals surface area contributed by atoms with E-state index in [9.17, 15) is 0 Å². The molecule has 0 spiro atoms. The van der Waals surface area contributed by atoms with Crippen LogP contribution < -0.4 is 0 Å². The minimum absolute atomic E-state index is 0.211. The van der Waals surface area contributed by atoms with Gasteiger partial charge in [-0.1, -0.05) is 0 Å². The Balaban J connectivity index is 2.23. The van der Waals surface area contributed by atoms with Crippen molar-refractivity contribution in [3.8, 4) is 0 Å². The van der Waals surface area contributed by atoms with Gasteiger partial charge in [-0.3, -0.25) is 0 Å². The fourth-order valence-electron chi connectivity index (χ4n) is 1.24. The average molecular weight is 162 g/mol. The molecule has 1 aliphatic rings. The van der Waals surface area contributed by atoms with E-state index in [-0.39, 0.29) is 12.2 Å². The summed E-state index contributed by atoms with van der Waals surface area (Å²) in [6.45, 7) is 2.77. The van der Waals surface area contributed by atoms with E-state index < -0.39 is 0 Å². The van der Waals surface area contributed by atoms with E-state index in [1.165, 1.54) is 0 Å². The van der Waals surface area contributed by atoms with Crippen LogP contribution in [0.4, 0.5) is 0 Å². The van der Waals surface area contributed by atoms with Gasteiger partial charge in [-0.05, 0) is 13.3 Å². The Kier molecular flexibility index (Phi) is 3.01. The van der Waals surface area contributed by atoms with E-state index >= 15 is 0 Å². The molecule has 0 aromatic heterocycles. The van der Waals surface area contributed by atoms with E-state index in [0.717, 1.165) is 13.0 Å². The number of thiol groups is 1. The summed E-state index contributed by atoms with van der Waals surface area (Å²) in [5.41, 5.74) is 0. The molecule has 0 heterocycles. The molecule has 3 heteroatoms. The molecule has 0 radical (unpaired) electrons. The van der Waals surface area contributed by atoms with Crippen molar-refractivity contribution in [2.45, 2.75) is 30.8 Å². The zero-order chi connectivity index (χ0) is 7.56. The second-order valence-electron chi connectivity index (χ2n) is 2.50. The largest absolute Gasteiger partial charge is 0.378 e. The number of methoxy groups -OCH3 is 1. The molecule has 1 saturated carbocycles. The average Bonchev–Trinajstić information content (AvgIpc) is 1.88. The van der Waals surface area contributed by atoms with Gasteiger partial charge in [0.05, 0.1) is 12.2 Å². The molecule has 1 fully saturated rings. The third-order valence-corrected chi connectivity index (χ3v) is 2.38. The standard InChI is InChI=1S/C7H14O2S/c1-3-9-5-4-6(10)7(5)8-2/h5-7,10H,3-4H2,1-2H3. The van der Waals surface area contributed by atoms with Crippen LogP contribution in [0, 0.1) is 0 Å². The smallest absolute Gasteiger partial charge is 0.0949 e. The summed E-state index contributed by atoms with van der Waals surface area (Å²) in [5, 5.41) is 0.376. The van der Waals surface area contributed by atoms with Crippen LogP contribution in [0.15, 0.2) is 0 Å². The van der Waals surface area contributed by atoms with Crippen molar-refractivity contribution in [3.63, 3.8) is 0 Å². The fraction of sp³-hybridized carbons (Fsp3) is 1.00. The van der Waals surface area contributed by atoms with E-state index in [1.807, 2.05) is 6.92 Å². The van der Waals surface area contributed by atoms with Crippen molar-refractivity contribution < 1.29 is 9.47 Å². The van der Waals surface area contributed by atoms with Crippen LogP contribution in [0.2, 0.25) is 0 Å². The number of rotatable bonds is 3. The molecular formula is C7H14O2S. The molecule has 3 unspecified atom stereocenters. The molecule has 3 atom stereocenters. The van der Waals surface area contributed by atoms with Crippen LogP contribution in [0.3, 0.4) is 0 Å². The molecule has 0 aromatic carbocycles. The Labute approximate surface area is 67.3 Å². The van der Waals surface area contributed by atoms with Crippen molar-refractivity contribution in [3.05, 3.63) is 0 Å². The second kappa shape index (κ2) is 3.60. The molecule has 0 bridgehead atoms. The summed E-state index contributed by atoms with van der Waals surface area (Å²) in [7, 11) is 1.71. The van der Waals surface area contributed by atoms with Crippen molar-refractivity contribution in [2.75, 3.05) is 13.7 Å². The topological polar surface area (TPSA) is 18.5 Å². The van der Waals surface area contributed by atoms with Gasteiger partial charge >= 0.3 is 0 Å². The molecular weight excluding hydrogens is 148 g/mol. The molecule has 10 heavy (non-hydrogen) atoms. The molecule has 1 rings (SSSR count). The van der Waals surface area contributed by atoms with Crippen molar-refractivity contribution >= 4 is 12.6 Å². The van der Waals surface area contributed by atoms with Gasteiger partial charge in [0.15, 0.2) is 0 Å². The first-order valence-electron chi connectivity index (χ1n) is 3.62. The summed E-state index contributed by atoms with van der Waals surface area (Å²) < 4.78 is 10.5. The molecule has 1 aliphatic carbocycles. The zero-order valence-electron chi connectivity index (χ0n) is 6.41. The second-order valence-corrected chi connectivity index (χ2v) is 3.16. The predicted octanol–water partition coefficient (Wildman–Crippen LogP) is 1.11. The van der Waals surface area contributed by atoms with Crippen molar-refractivity contribution in [2.24, 2.45) is 0 Å². The van der Waals surface area contributed by atoms with Gasteiger partial charge in [-0.25, -0.2) is 0 Å². The zero-order valence-corrected chi connectivity index (χ0v) is 7.30. The van der Waals surface area contributed by atoms with Gasteiger partial charge < -0.3 is 9.47 Å². The number of ether oxygens (including phenoxy) is 2. The first-order valence-corrected chi connectivity index (χ1v) is 4.13. The highest BCUT2D eigenvalue weighted by atomic mass is 32.1. The summed E-state index contributed by atoms with van der Waals surface area (Å²) >= 11 is 4.31. The minimum Gasteiger partial charge on any atom is -0.378 e. The van der Waals surface area contributed by atoms with Crippen LogP contribution in [0.1, 0.15) is 13.3 Å². The lowest BCUT2D eigenvalue weighted by Crippen LogP contribution is -2.50. The molecule has 60 valence electrons. The molecule has 0 aliphatic heterocycles. The highest BCUT2D eigenvalue weighted by molar-refractivity contribution is 7.81. The molecule has 0 aromatic rings. The Morgan fingerprint density at radius 3 is 2.70 bits per heavy atom. The highest BCUT2D eigenvalue weighted by Gasteiger charge is 2.39. The lowest BCUT2D eigenvalue weighted by atomic mass is 9.91. The summed E-state index contributed by atoms with van der Waals surface area (Å²) in [6, 6.07) is 0. The van der Waals surface area contributed by atoms with Gasteiger partial charge in [0, 0.05) is 19.0 Å². The first-order chi connectivity index (χ1) is 4.79. The maximum atomic E-state index is 5.38. The van der Waals surface area contributed by atoms with Crippen LogP contribution >= 0.6 is 12.6 Å². The first kappa shape index (κ1) is 8.37. The number of hydrogen-bond donors (Lipinski definition) is 1. The lowest BCUT2D eigenvalue weighted by Gasteiger charge is -2.40. The van der Waals surface area contributed by atoms with Gasteiger partial charge in [0.1, 0.15) is 0 Å². The normalized spacial score (nSPS) is 39.3. The summed E-state index contributed by atoms with van der Waals surface area (Å²) in [5.74, 6) is 0. The Hall–Kier alpha value is 0.270. The van der Waals surface area contributed by atoms with Crippen LogP contribution in [-0.2, 0) is 9.47 Å². The van der Waals surface area contributed by atoms with Gasteiger partial charge in [0.25, 0.3) is 0 Å². The maximum Gasteiger partial charge on any atom is 0.0949 e. The molecule has 0 amide bonds. The highest BCUT2D eigenvalue weighted by Crippen LogP contribution is 2.30. The third-order valence-electron chi connectivity index (χ3n) is 1.87. The van der Waals surface area contributed by atoms with Crippen LogP contribution in [-0.4, -0.2) is 31.2 Å². The van der Waals surface area contributed by atoms with Crippen molar-refractivity contribution in [1.29, 1.82) is 0 Å². The lowest BCUT2D eigenvalue weighted by molar-refractivity contribution is -0.104. The quantitative estimate of drug-likeness (QED) is 0.627. The van der Waals surface area contributed by atoms with E-state index in [0.29, 0.717) is 5.25 Å². The summed E-state index contributed by atoms with van der Waals surface area (Å²) in [4.78, 5) is 0. The van der Waals surface area contributed by atoms with Crippen LogP contribution in [0.5, 0.6) is 0 Å². The van der Waals surface area contributed by atoms with Gasteiger partial charge in [-0.15, -0.1) is 0 Å². The van der Waals surface area contributed by atoms with E-state index in [4.69, 9.17) is 9.47 Å². The monoisotopic (exact) mass is 162 g/mol. The Morgan fingerprint density at radius 2 is 2.30 bits per heavy atom. The van der Waals surface area contributed by atoms with E-state index in [2.05, 4.69) is 12.6 Å². The molecule has 0 saturated heterocycles.